The third-order valence-electron chi connectivity index (χ3n) is 5.01. The number of thioether (sulfide) groups is 1. The topological polar surface area (TPSA) is 93.9 Å². The van der Waals surface area contributed by atoms with Gasteiger partial charge in [0.2, 0.25) is 11.9 Å². The fraction of sp³-hybridized carbons (Fsp3) is 0.273. The predicted molar refractivity (Wildman–Crippen MR) is 119 cm³/mol. The lowest BCUT2D eigenvalue weighted by Gasteiger charge is -2.15. The minimum atomic E-state index is -0.295. The van der Waals surface area contributed by atoms with Crippen LogP contribution in [0.4, 0.5) is 10.3 Å². The molecule has 0 saturated carbocycles. The van der Waals surface area contributed by atoms with Gasteiger partial charge in [0, 0.05) is 37.7 Å². The van der Waals surface area contributed by atoms with Gasteiger partial charge in [0.1, 0.15) is 17.5 Å². The lowest BCUT2D eigenvalue weighted by Crippen LogP contribution is -2.27. The average molecular weight is 437 g/mol. The van der Waals surface area contributed by atoms with Gasteiger partial charge in [-0.25, -0.2) is 14.4 Å². The maximum Gasteiger partial charge on any atom is 0.223 e. The van der Waals surface area contributed by atoms with Crippen molar-refractivity contribution in [1.82, 2.24) is 20.2 Å². The summed E-state index contributed by atoms with van der Waals surface area (Å²) < 4.78 is 13.2. The molecule has 1 aromatic carbocycles. The van der Waals surface area contributed by atoms with Crippen LogP contribution in [0.3, 0.4) is 0 Å². The van der Waals surface area contributed by atoms with Gasteiger partial charge in [-0.2, -0.15) is 5.26 Å². The summed E-state index contributed by atoms with van der Waals surface area (Å²) in [6.45, 7) is 2.19. The molecule has 2 aliphatic rings. The summed E-state index contributed by atoms with van der Waals surface area (Å²) in [5.74, 6) is 0.364. The first kappa shape index (κ1) is 20.9. The fourth-order valence-electron chi connectivity index (χ4n) is 3.41. The summed E-state index contributed by atoms with van der Waals surface area (Å²) in [6, 6.07) is 10.1. The molecule has 1 saturated heterocycles. The highest BCUT2D eigenvalue weighted by Crippen LogP contribution is 2.34. The molecule has 2 N–H and O–H groups in total. The number of hydrogen-bond acceptors (Lipinski definition) is 7. The van der Waals surface area contributed by atoms with Gasteiger partial charge in [-0.1, -0.05) is 11.8 Å². The second-order valence-electron chi connectivity index (χ2n) is 7.13. The van der Waals surface area contributed by atoms with E-state index < -0.39 is 0 Å². The van der Waals surface area contributed by atoms with Crippen molar-refractivity contribution in [3.63, 3.8) is 0 Å². The van der Waals surface area contributed by atoms with Crippen LogP contribution in [-0.4, -0.2) is 40.4 Å². The van der Waals surface area contributed by atoms with Gasteiger partial charge in [0.05, 0.1) is 16.4 Å². The smallest absolute Gasteiger partial charge is 0.223 e. The molecule has 1 aromatic heterocycles. The second-order valence-corrected chi connectivity index (χ2v) is 8.01. The van der Waals surface area contributed by atoms with Crippen molar-refractivity contribution in [2.24, 2.45) is 0 Å². The Labute approximate surface area is 184 Å². The Hall–Kier alpha value is -3.38. The third-order valence-corrected chi connectivity index (χ3v) is 5.90. The molecule has 0 radical (unpaired) electrons. The van der Waals surface area contributed by atoms with E-state index in [4.69, 9.17) is 0 Å². The summed E-state index contributed by atoms with van der Waals surface area (Å²) in [5, 5.41) is 18.7. The molecular weight excluding hydrogens is 415 g/mol. The Kier molecular flexibility index (Phi) is 6.48. The fourth-order valence-corrected chi connectivity index (χ4v) is 4.28. The number of carbonyl (C=O) groups is 1. The Bertz CT molecular complexity index is 1080. The quantitative estimate of drug-likeness (QED) is 0.506. The zero-order valence-electron chi connectivity index (χ0n) is 16.8. The van der Waals surface area contributed by atoms with Crippen LogP contribution >= 0.6 is 11.8 Å². The van der Waals surface area contributed by atoms with Gasteiger partial charge >= 0.3 is 0 Å². The maximum atomic E-state index is 13.2. The van der Waals surface area contributed by atoms with Crippen molar-refractivity contribution in [2.75, 3.05) is 25.0 Å². The van der Waals surface area contributed by atoms with Gasteiger partial charge in [0.25, 0.3) is 0 Å². The standard InChI is InChI=1S/C22H21FN6OS/c23-16-6-4-15(5-7-16)19-14-31-21(27-19)17(13-24)18-8-10-26-22(28-18)25-9-2-12-29-11-1-3-20(29)30/h4-8,10,14,27H,1-3,9,11-12H2,(H,25,26,28)/b21-17-. The van der Waals surface area contributed by atoms with E-state index in [1.807, 2.05) is 10.3 Å². The Morgan fingerprint density at radius 3 is 2.90 bits per heavy atom. The lowest BCUT2D eigenvalue weighted by atomic mass is 10.1. The van der Waals surface area contributed by atoms with Crippen molar-refractivity contribution in [3.8, 4) is 6.07 Å². The van der Waals surface area contributed by atoms with E-state index in [0.717, 1.165) is 37.2 Å². The van der Waals surface area contributed by atoms with E-state index in [-0.39, 0.29) is 11.7 Å². The van der Waals surface area contributed by atoms with E-state index in [0.29, 0.717) is 35.2 Å². The highest BCUT2D eigenvalue weighted by molar-refractivity contribution is 8.06. The molecular formula is C22H21FN6OS. The molecule has 0 atom stereocenters. The van der Waals surface area contributed by atoms with Crippen molar-refractivity contribution < 1.29 is 9.18 Å². The van der Waals surface area contributed by atoms with Crippen LogP contribution in [0.1, 0.15) is 30.5 Å². The van der Waals surface area contributed by atoms with E-state index >= 15 is 0 Å². The predicted octanol–water partition coefficient (Wildman–Crippen LogP) is 3.57. The minimum Gasteiger partial charge on any atom is -0.354 e. The molecule has 0 spiro atoms. The number of carbonyl (C=O) groups excluding carboxylic acids is 1. The third kappa shape index (κ3) is 5.03. The van der Waals surface area contributed by atoms with Crippen molar-refractivity contribution >= 4 is 34.9 Å². The molecule has 0 unspecified atom stereocenters. The van der Waals surface area contributed by atoms with Crippen LogP contribution in [0.5, 0.6) is 0 Å². The molecule has 31 heavy (non-hydrogen) atoms. The van der Waals surface area contributed by atoms with Crippen molar-refractivity contribution in [2.45, 2.75) is 19.3 Å². The van der Waals surface area contributed by atoms with E-state index in [1.54, 1.807) is 24.4 Å². The number of nitrogens with one attached hydrogen (secondary N) is 2. The number of likely N-dealkylation sites (tertiary alicyclic amines) is 1. The number of benzene rings is 1. The van der Waals surface area contributed by atoms with Crippen LogP contribution in [0.25, 0.3) is 11.3 Å². The first-order valence-electron chi connectivity index (χ1n) is 10.0. The molecule has 1 amide bonds. The number of allylic oxidation sites excluding steroid dienone is 1. The van der Waals surface area contributed by atoms with Crippen molar-refractivity contribution in [3.05, 3.63) is 64.0 Å². The summed E-state index contributed by atoms with van der Waals surface area (Å²) in [5.41, 5.74) is 2.56. The van der Waals surface area contributed by atoms with Crippen LogP contribution in [0, 0.1) is 17.1 Å². The van der Waals surface area contributed by atoms with Crippen LogP contribution in [-0.2, 0) is 4.79 Å². The minimum absolute atomic E-state index is 0.221. The SMILES string of the molecule is N#C/C(=C1\NC(c2ccc(F)cc2)=CS1)c1ccnc(NCCCN2CCCC2=O)n1. The Balaban J connectivity index is 1.39. The first-order chi connectivity index (χ1) is 15.1. The number of hydrogen-bond donors (Lipinski definition) is 2. The summed E-state index contributed by atoms with van der Waals surface area (Å²) >= 11 is 1.39. The Morgan fingerprint density at radius 1 is 1.32 bits per heavy atom. The highest BCUT2D eigenvalue weighted by Gasteiger charge is 2.20. The van der Waals surface area contributed by atoms with Gasteiger partial charge in [-0.05, 0) is 48.7 Å². The summed E-state index contributed by atoms with van der Waals surface area (Å²) in [7, 11) is 0. The first-order valence-corrected chi connectivity index (χ1v) is 10.9. The number of rotatable bonds is 7. The van der Waals surface area contributed by atoms with Crippen LogP contribution < -0.4 is 10.6 Å². The van der Waals surface area contributed by atoms with Gasteiger partial charge < -0.3 is 15.5 Å². The molecule has 9 heteroatoms. The highest BCUT2D eigenvalue weighted by atomic mass is 32.2. The van der Waals surface area contributed by atoms with Gasteiger partial charge in [-0.15, -0.1) is 0 Å². The Morgan fingerprint density at radius 2 is 2.16 bits per heavy atom. The lowest BCUT2D eigenvalue weighted by molar-refractivity contribution is -0.127. The second kappa shape index (κ2) is 9.62. The molecule has 0 aliphatic carbocycles. The molecule has 4 rings (SSSR count). The van der Waals surface area contributed by atoms with E-state index in [2.05, 4.69) is 26.7 Å². The molecule has 1 fully saturated rings. The van der Waals surface area contributed by atoms with Crippen molar-refractivity contribution in [1.29, 1.82) is 5.26 Å². The number of amides is 1. The number of nitrogens with zero attached hydrogens (tertiary/aromatic N) is 4. The van der Waals surface area contributed by atoms with Crippen LogP contribution in [0.2, 0.25) is 0 Å². The largest absolute Gasteiger partial charge is 0.354 e. The summed E-state index contributed by atoms with van der Waals surface area (Å²) in [6.07, 6.45) is 4.00. The van der Waals surface area contributed by atoms with Gasteiger partial charge in [-0.3, -0.25) is 4.79 Å². The number of anilines is 1. The zero-order chi connectivity index (χ0) is 21.6. The number of halogens is 1. The molecule has 2 aromatic rings. The monoisotopic (exact) mass is 436 g/mol. The maximum absolute atomic E-state index is 13.2. The number of nitriles is 1. The molecule has 3 heterocycles. The zero-order valence-corrected chi connectivity index (χ0v) is 17.6. The van der Waals surface area contributed by atoms with Gasteiger partial charge in [0.15, 0.2) is 0 Å². The molecule has 2 aliphatic heterocycles. The molecule has 7 nitrogen and oxygen atoms in total. The van der Waals surface area contributed by atoms with Crippen LogP contribution in [0.15, 0.2) is 47.0 Å². The average Bonchev–Trinajstić information content (AvgIpc) is 3.42. The van der Waals surface area contributed by atoms with E-state index in [9.17, 15) is 14.4 Å². The number of aromatic nitrogens is 2. The van der Waals surface area contributed by atoms with E-state index in [1.165, 1.54) is 23.9 Å². The molecule has 0 bridgehead atoms. The normalized spacial score (nSPS) is 17.2. The summed E-state index contributed by atoms with van der Waals surface area (Å²) in [4.78, 5) is 22.2. The molecule has 158 valence electrons.